The second kappa shape index (κ2) is 6.87. The highest BCUT2D eigenvalue weighted by molar-refractivity contribution is 5.91. The molecule has 0 aliphatic carbocycles. The maximum atomic E-state index is 13.1. The van der Waals surface area contributed by atoms with Gasteiger partial charge < -0.3 is 5.32 Å². The van der Waals surface area contributed by atoms with Gasteiger partial charge in [-0.2, -0.15) is 10.1 Å². The first kappa shape index (κ1) is 18.9. The molecule has 0 fully saturated rings. The van der Waals surface area contributed by atoms with Crippen molar-refractivity contribution in [1.82, 2.24) is 18.7 Å². The van der Waals surface area contributed by atoms with Crippen molar-refractivity contribution in [3.05, 3.63) is 50.9 Å². The van der Waals surface area contributed by atoms with Crippen molar-refractivity contribution in [3.63, 3.8) is 0 Å². The minimum absolute atomic E-state index is 0.165. The molecule has 0 bridgehead atoms. The van der Waals surface area contributed by atoms with Gasteiger partial charge in [0.15, 0.2) is 11.2 Å². The van der Waals surface area contributed by atoms with Gasteiger partial charge in [-0.3, -0.25) is 18.5 Å². The Morgan fingerprint density at radius 1 is 1.14 bits per heavy atom. The van der Waals surface area contributed by atoms with Gasteiger partial charge in [0.2, 0.25) is 5.95 Å². The number of hydrogen-bond donors (Lipinski definition) is 1. The number of hydrogen-bond acceptors (Lipinski definition) is 6. The van der Waals surface area contributed by atoms with Gasteiger partial charge in [-0.25, -0.2) is 14.2 Å². The highest BCUT2D eigenvalue weighted by Crippen LogP contribution is 2.29. The van der Waals surface area contributed by atoms with Gasteiger partial charge in [-0.05, 0) is 38.1 Å². The fraction of sp³-hybridized carbons (Fsp3) is 0.368. The fourth-order valence-corrected chi connectivity index (χ4v) is 3.48. The molecule has 3 heterocycles. The number of benzene rings is 1. The van der Waals surface area contributed by atoms with Crippen LogP contribution in [0.5, 0.6) is 0 Å². The third-order valence-electron chi connectivity index (χ3n) is 5.27. The highest BCUT2D eigenvalue weighted by Gasteiger charge is 2.30. The average Bonchev–Trinajstić information content (AvgIpc) is 3.11. The summed E-state index contributed by atoms with van der Waals surface area (Å²) in [6, 6.07) is 5.95. The standard InChI is InChI=1S/C19H22FN7O2/c1-11-12(2)27-15-16(24(3)19(29)25(4)17(15)28)22-18(27)26(23-11)10-9-21-14-7-5-13(20)6-8-14/h5-8,12,21H,9-10H2,1-4H3/t12-/m1/s1. The van der Waals surface area contributed by atoms with Gasteiger partial charge in [-0.15, -0.1) is 0 Å². The van der Waals surface area contributed by atoms with Gasteiger partial charge in [0, 0.05) is 26.3 Å². The van der Waals surface area contributed by atoms with E-state index in [1.54, 1.807) is 24.2 Å². The van der Waals surface area contributed by atoms with Gasteiger partial charge in [-0.1, -0.05) is 0 Å². The van der Waals surface area contributed by atoms with Crippen molar-refractivity contribution >= 4 is 28.5 Å². The smallest absolute Gasteiger partial charge is 0.332 e. The molecular formula is C19H22FN7O2. The zero-order valence-electron chi connectivity index (χ0n) is 16.7. The van der Waals surface area contributed by atoms with E-state index in [1.807, 2.05) is 18.4 Å². The third-order valence-corrected chi connectivity index (χ3v) is 5.27. The Kier molecular flexibility index (Phi) is 4.48. The molecule has 1 aliphatic rings. The van der Waals surface area contributed by atoms with Crippen molar-refractivity contribution in [1.29, 1.82) is 0 Å². The number of nitrogens with one attached hydrogen (secondary N) is 1. The van der Waals surface area contributed by atoms with Crippen LogP contribution in [0.25, 0.3) is 11.2 Å². The minimum Gasteiger partial charge on any atom is -0.383 e. The molecule has 0 spiro atoms. The molecule has 1 atom stereocenters. The lowest BCUT2D eigenvalue weighted by atomic mass is 10.2. The van der Waals surface area contributed by atoms with Crippen LogP contribution < -0.4 is 21.6 Å². The predicted molar refractivity (Wildman–Crippen MR) is 110 cm³/mol. The van der Waals surface area contributed by atoms with Crippen LogP contribution in [-0.2, 0) is 14.1 Å². The summed E-state index contributed by atoms with van der Waals surface area (Å²) in [5.74, 6) is 0.221. The SMILES string of the molecule is CC1=NN(CCNc2ccc(F)cc2)c2nc3c(c(=O)n(C)c(=O)n3C)n2[C@@H]1C. The third kappa shape index (κ3) is 3.00. The molecular weight excluding hydrogens is 377 g/mol. The molecule has 4 rings (SSSR count). The number of nitrogens with zero attached hydrogens (tertiary/aromatic N) is 6. The first-order valence-electron chi connectivity index (χ1n) is 9.29. The summed E-state index contributed by atoms with van der Waals surface area (Å²) in [6.45, 7) is 4.84. The topological polar surface area (TPSA) is 89.5 Å². The van der Waals surface area contributed by atoms with Crippen LogP contribution in [-0.4, -0.2) is 37.5 Å². The molecule has 0 saturated heterocycles. The van der Waals surface area contributed by atoms with E-state index in [1.165, 1.54) is 23.7 Å². The second-order valence-electron chi connectivity index (χ2n) is 7.13. The Labute approximate surface area is 165 Å². The lowest BCUT2D eigenvalue weighted by Crippen LogP contribution is -2.39. The molecule has 152 valence electrons. The van der Waals surface area contributed by atoms with Crippen molar-refractivity contribution in [2.75, 3.05) is 23.4 Å². The summed E-state index contributed by atoms with van der Waals surface area (Å²) in [7, 11) is 3.06. The molecule has 9 nitrogen and oxygen atoms in total. The molecule has 3 aromatic rings. The van der Waals surface area contributed by atoms with E-state index in [0.717, 1.165) is 16.0 Å². The number of rotatable bonds is 4. The first-order valence-corrected chi connectivity index (χ1v) is 9.29. The summed E-state index contributed by atoms with van der Waals surface area (Å²) in [4.78, 5) is 29.7. The fourth-order valence-electron chi connectivity index (χ4n) is 3.48. The van der Waals surface area contributed by atoms with Crippen LogP contribution in [0.4, 0.5) is 16.0 Å². The Hall–Kier alpha value is -3.43. The van der Waals surface area contributed by atoms with Crippen LogP contribution in [0.1, 0.15) is 19.9 Å². The molecule has 2 aromatic heterocycles. The highest BCUT2D eigenvalue weighted by atomic mass is 19.1. The molecule has 1 aliphatic heterocycles. The number of imidazole rings is 1. The summed E-state index contributed by atoms with van der Waals surface area (Å²) >= 11 is 0. The van der Waals surface area contributed by atoms with Crippen molar-refractivity contribution < 1.29 is 4.39 Å². The molecule has 0 radical (unpaired) electrons. The molecule has 0 saturated carbocycles. The maximum absolute atomic E-state index is 13.1. The quantitative estimate of drug-likeness (QED) is 0.717. The van der Waals surface area contributed by atoms with Crippen LogP contribution in [0, 0.1) is 5.82 Å². The Bertz CT molecular complexity index is 1240. The number of aromatic nitrogens is 4. The Balaban J connectivity index is 1.72. The Morgan fingerprint density at radius 3 is 2.52 bits per heavy atom. The number of fused-ring (bicyclic) bond motifs is 3. The summed E-state index contributed by atoms with van der Waals surface area (Å²) < 4.78 is 17.3. The molecule has 1 N–H and O–H groups in total. The monoisotopic (exact) mass is 399 g/mol. The largest absolute Gasteiger partial charge is 0.383 e. The zero-order chi connectivity index (χ0) is 20.9. The zero-order valence-corrected chi connectivity index (χ0v) is 16.7. The van der Waals surface area contributed by atoms with E-state index >= 15 is 0 Å². The number of halogens is 1. The Morgan fingerprint density at radius 2 is 1.83 bits per heavy atom. The number of hydrazone groups is 1. The van der Waals surface area contributed by atoms with Gasteiger partial charge in [0.1, 0.15) is 5.82 Å². The van der Waals surface area contributed by atoms with Gasteiger partial charge in [0.25, 0.3) is 5.56 Å². The van der Waals surface area contributed by atoms with Crippen molar-refractivity contribution in [3.8, 4) is 0 Å². The number of aryl methyl sites for hydroxylation is 1. The summed E-state index contributed by atoms with van der Waals surface area (Å²) in [6.07, 6.45) is 0. The van der Waals surface area contributed by atoms with E-state index in [0.29, 0.717) is 30.2 Å². The summed E-state index contributed by atoms with van der Waals surface area (Å²) in [5.41, 5.74) is 1.53. The second-order valence-corrected chi connectivity index (χ2v) is 7.13. The lowest BCUT2D eigenvalue weighted by molar-refractivity contribution is 0.628. The van der Waals surface area contributed by atoms with Crippen molar-refractivity contribution in [2.45, 2.75) is 19.9 Å². The summed E-state index contributed by atoms with van der Waals surface area (Å²) in [5, 5.41) is 9.55. The molecule has 1 aromatic carbocycles. The molecule has 0 amide bonds. The predicted octanol–water partition coefficient (Wildman–Crippen LogP) is 1.44. The molecule has 10 heteroatoms. The minimum atomic E-state index is -0.423. The molecule has 0 unspecified atom stereocenters. The van der Waals surface area contributed by atoms with Gasteiger partial charge >= 0.3 is 5.69 Å². The average molecular weight is 399 g/mol. The van der Waals surface area contributed by atoms with E-state index < -0.39 is 5.69 Å². The van der Waals surface area contributed by atoms with Crippen LogP contribution in [0.3, 0.4) is 0 Å². The maximum Gasteiger partial charge on any atom is 0.332 e. The molecule has 29 heavy (non-hydrogen) atoms. The van der Waals surface area contributed by atoms with E-state index in [2.05, 4.69) is 15.4 Å². The van der Waals surface area contributed by atoms with Gasteiger partial charge in [0.05, 0.1) is 18.3 Å². The van der Waals surface area contributed by atoms with E-state index in [-0.39, 0.29) is 17.4 Å². The van der Waals surface area contributed by atoms with Crippen LogP contribution in [0.15, 0.2) is 39.0 Å². The lowest BCUT2D eigenvalue weighted by Gasteiger charge is -2.29. The van der Waals surface area contributed by atoms with Crippen LogP contribution in [0.2, 0.25) is 0 Å². The van der Waals surface area contributed by atoms with Crippen LogP contribution >= 0.6 is 0 Å². The first-order chi connectivity index (χ1) is 13.8. The van der Waals surface area contributed by atoms with E-state index in [9.17, 15) is 14.0 Å². The normalized spacial score (nSPS) is 16.1. The number of anilines is 2. The van der Waals surface area contributed by atoms with Crippen molar-refractivity contribution in [2.24, 2.45) is 19.2 Å². The van der Waals surface area contributed by atoms with E-state index in [4.69, 9.17) is 0 Å².